The lowest BCUT2D eigenvalue weighted by molar-refractivity contribution is -0.304. The van der Waals surface area contributed by atoms with E-state index in [1.807, 2.05) is 32.0 Å². The summed E-state index contributed by atoms with van der Waals surface area (Å²) in [6, 6.07) is 10.2. The Balaban J connectivity index is 1.75. The van der Waals surface area contributed by atoms with E-state index in [0.29, 0.717) is 26.1 Å². The van der Waals surface area contributed by atoms with E-state index in [1.54, 1.807) is 6.08 Å². The average Bonchev–Trinajstić information content (AvgIpc) is 2.51. The number of hydrogen-bond donors (Lipinski definition) is 1. The summed E-state index contributed by atoms with van der Waals surface area (Å²) in [6.07, 6.45) is 4.24. The maximum Gasteiger partial charge on any atom is 0.163 e. The third-order valence-electron chi connectivity index (χ3n) is 4.10. The minimum absolute atomic E-state index is 0.00261. The van der Waals surface area contributed by atoms with Crippen LogP contribution in [0.4, 0.5) is 0 Å². The molecule has 1 aromatic carbocycles. The Kier molecular flexibility index (Phi) is 7.43. The van der Waals surface area contributed by atoms with Crippen molar-refractivity contribution in [2.45, 2.75) is 70.2 Å². The topological polar surface area (TPSA) is 47.9 Å². The third-order valence-corrected chi connectivity index (χ3v) is 4.10. The summed E-state index contributed by atoms with van der Waals surface area (Å²) in [5.41, 5.74) is 1.18. The van der Waals surface area contributed by atoms with Crippen molar-refractivity contribution in [3.8, 4) is 0 Å². The standard InChI is InChI=1S/C20H30O4/c1-4-8-17(21)13-19-14-18(23-20(2,3)24-19)11-12-22-15-16-9-6-5-7-10-16/h4-7,9-10,17-19,21H,1,8,11-15H2,2-3H3/t17-,18+,19-/m0/s1. The zero-order valence-electron chi connectivity index (χ0n) is 14.8. The van der Waals surface area contributed by atoms with Crippen LogP contribution in [0.15, 0.2) is 43.0 Å². The van der Waals surface area contributed by atoms with Crippen LogP contribution < -0.4 is 0 Å². The maximum absolute atomic E-state index is 9.98. The molecule has 1 heterocycles. The Morgan fingerprint density at radius 1 is 1.29 bits per heavy atom. The van der Waals surface area contributed by atoms with E-state index in [2.05, 4.69) is 18.7 Å². The van der Waals surface area contributed by atoms with Gasteiger partial charge < -0.3 is 19.3 Å². The van der Waals surface area contributed by atoms with Crippen molar-refractivity contribution >= 4 is 0 Å². The van der Waals surface area contributed by atoms with Crippen molar-refractivity contribution in [2.75, 3.05) is 6.61 Å². The molecule has 3 atom stereocenters. The molecule has 1 fully saturated rings. The first-order valence-corrected chi connectivity index (χ1v) is 8.75. The highest BCUT2D eigenvalue weighted by Gasteiger charge is 2.35. The summed E-state index contributed by atoms with van der Waals surface area (Å²) in [6.45, 7) is 8.80. The molecular weight excluding hydrogens is 304 g/mol. The van der Waals surface area contributed by atoms with Gasteiger partial charge in [-0.2, -0.15) is 0 Å². The third kappa shape index (κ3) is 6.73. The van der Waals surface area contributed by atoms with E-state index in [1.165, 1.54) is 5.56 Å². The molecule has 4 nitrogen and oxygen atoms in total. The molecule has 0 unspecified atom stereocenters. The summed E-state index contributed by atoms with van der Waals surface area (Å²) >= 11 is 0. The first-order chi connectivity index (χ1) is 11.5. The van der Waals surface area contributed by atoms with Gasteiger partial charge in [0.1, 0.15) is 0 Å². The van der Waals surface area contributed by atoms with Gasteiger partial charge in [-0.3, -0.25) is 0 Å². The van der Waals surface area contributed by atoms with Crippen molar-refractivity contribution < 1.29 is 19.3 Å². The molecule has 1 aromatic rings. The lowest BCUT2D eigenvalue weighted by Crippen LogP contribution is -2.45. The van der Waals surface area contributed by atoms with Gasteiger partial charge in [0.05, 0.1) is 24.9 Å². The van der Waals surface area contributed by atoms with E-state index < -0.39 is 11.9 Å². The van der Waals surface area contributed by atoms with Gasteiger partial charge in [-0.15, -0.1) is 6.58 Å². The molecule has 4 heteroatoms. The molecule has 0 radical (unpaired) electrons. The van der Waals surface area contributed by atoms with Crippen LogP contribution >= 0.6 is 0 Å². The fourth-order valence-corrected chi connectivity index (χ4v) is 3.11. The molecular formula is C20H30O4. The fraction of sp³-hybridized carbons (Fsp3) is 0.600. The minimum Gasteiger partial charge on any atom is -0.393 e. The Morgan fingerprint density at radius 2 is 2.00 bits per heavy atom. The first kappa shape index (κ1) is 19.1. The van der Waals surface area contributed by atoms with Crippen LogP contribution in [0.1, 0.15) is 45.1 Å². The number of rotatable bonds is 9. The largest absolute Gasteiger partial charge is 0.393 e. The van der Waals surface area contributed by atoms with Crippen LogP contribution in [0.5, 0.6) is 0 Å². The predicted molar refractivity (Wildman–Crippen MR) is 94.6 cm³/mol. The van der Waals surface area contributed by atoms with Gasteiger partial charge in [0, 0.05) is 19.4 Å². The van der Waals surface area contributed by atoms with Gasteiger partial charge in [0.25, 0.3) is 0 Å². The van der Waals surface area contributed by atoms with Crippen LogP contribution in [0.2, 0.25) is 0 Å². The molecule has 0 saturated carbocycles. The van der Waals surface area contributed by atoms with Gasteiger partial charge >= 0.3 is 0 Å². The summed E-state index contributed by atoms with van der Waals surface area (Å²) < 4.78 is 17.7. The minimum atomic E-state index is -0.624. The van der Waals surface area contributed by atoms with E-state index in [-0.39, 0.29) is 12.2 Å². The highest BCUT2D eigenvalue weighted by molar-refractivity contribution is 5.13. The lowest BCUT2D eigenvalue weighted by Gasteiger charge is -2.41. The highest BCUT2D eigenvalue weighted by Crippen LogP contribution is 2.30. The van der Waals surface area contributed by atoms with Gasteiger partial charge in [0.2, 0.25) is 0 Å². The molecule has 0 amide bonds. The second kappa shape index (κ2) is 9.33. The molecule has 1 N–H and O–H groups in total. The van der Waals surface area contributed by atoms with E-state index >= 15 is 0 Å². The van der Waals surface area contributed by atoms with Crippen molar-refractivity contribution in [3.05, 3.63) is 48.6 Å². The molecule has 0 bridgehead atoms. The number of aliphatic hydroxyl groups is 1. The van der Waals surface area contributed by atoms with Crippen LogP contribution in [0.25, 0.3) is 0 Å². The molecule has 24 heavy (non-hydrogen) atoms. The molecule has 134 valence electrons. The summed E-state index contributed by atoms with van der Waals surface area (Å²) in [5.74, 6) is -0.624. The lowest BCUT2D eigenvalue weighted by atomic mass is 9.99. The normalized spacial score (nSPS) is 24.5. The van der Waals surface area contributed by atoms with Crippen molar-refractivity contribution in [3.63, 3.8) is 0 Å². The Bertz CT molecular complexity index is 486. The summed E-state index contributed by atoms with van der Waals surface area (Å²) in [5, 5.41) is 9.98. The average molecular weight is 334 g/mol. The summed E-state index contributed by atoms with van der Waals surface area (Å²) in [7, 11) is 0. The smallest absolute Gasteiger partial charge is 0.163 e. The monoisotopic (exact) mass is 334 g/mol. The Labute approximate surface area is 145 Å². The summed E-state index contributed by atoms with van der Waals surface area (Å²) in [4.78, 5) is 0. The molecule has 1 aliphatic heterocycles. The second-order valence-electron chi connectivity index (χ2n) is 6.86. The van der Waals surface area contributed by atoms with E-state index in [9.17, 15) is 5.11 Å². The molecule has 0 aromatic heterocycles. The van der Waals surface area contributed by atoms with Crippen LogP contribution in [-0.2, 0) is 20.8 Å². The molecule has 2 rings (SSSR count). The SMILES string of the molecule is C=CC[C@H](O)C[C@H]1C[C@@H](CCOCc2ccccc2)OC(C)(C)O1. The maximum atomic E-state index is 9.98. The fourth-order valence-electron chi connectivity index (χ4n) is 3.11. The van der Waals surface area contributed by atoms with Crippen molar-refractivity contribution in [1.29, 1.82) is 0 Å². The van der Waals surface area contributed by atoms with Crippen LogP contribution in [0.3, 0.4) is 0 Å². The molecule has 1 aliphatic rings. The van der Waals surface area contributed by atoms with Gasteiger partial charge in [-0.1, -0.05) is 36.4 Å². The quantitative estimate of drug-likeness (QED) is 0.551. The second-order valence-corrected chi connectivity index (χ2v) is 6.86. The van der Waals surface area contributed by atoms with E-state index in [4.69, 9.17) is 14.2 Å². The van der Waals surface area contributed by atoms with Gasteiger partial charge in [-0.25, -0.2) is 0 Å². The highest BCUT2D eigenvalue weighted by atomic mass is 16.7. The van der Waals surface area contributed by atoms with E-state index in [0.717, 1.165) is 12.8 Å². The first-order valence-electron chi connectivity index (χ1n) is 8.75. The zero-order chi connectivity index (χ0) is 17.4. The van der Waals surface area contributed by atoms with Crippen molar-refractivity contribution in [2.24, 2.45) is 0 Å². The van der Waals surface area contributed by atoms with Crippen LogP contribution in [-0.4, -0.2) is 35.8 Å². The molecule has 0 aliphatic carbocycles. The zero-order valence-corrected chi connectivity index (χ0v) is 14.8. The van der Waals surface area contributed by atoms with Crippen molar-refractivity contribution in [1.82, 2.24) is 0 Å². The number of ether oxygens (including phenoxy) is 3. The Morgan fingerprint density at radius 3 is 2.71 bits per heavy atom. The number of benzene rings is 1. The molecule has 0 spiro atoms. The number of aliphatic hydroxyl groups excluding tert-OH is 1. The Hall–Kier alpha value is -1.20. The predicted octanol–water partition coefficient (Wildman–Crippen LogP) is 3.83. The van der Waals surface area contributed by atoms with Gasteiger partial charge in [-0.05, 0) is 32.3 Å². The van der Waals surface area contributed by atoms with Gasteiger partial charge in [0.15, 0.2) is 5.79 Å². The van der Waals surface area contributed by atoms with Crippen LogP contribution in [0, 0.1) is 0 Å². The number of hydrogen-bond acceptors (Lipinski definition) is 4. The molecule has 1 saturated heterocycles.